The average Bonchev–Trinajstić information content (AvgIpc) is 3.31. The zero-order chi connectivity index (χ0) is 23.7. The SMILES string of the molecule is N#CC1=C(N)N(c2nnc(SCc3ccccc3)s2)C2=C(C(=O)CCC2)C1c1cccc(Cl)c1. The summed E-state index contributed by atoms with van der Waals surface area (Å²) < 4.78 is 0.798. The summed E-state index contributed by atoms with van der Waals surface area (Å²) in [5, 5.41) is 19.9. The average molecular weight is 506 g/mol. The Morgan fingerprint density at radius 2 is 2.00 bits per heavy atom. The van der Waals surface area contributed by atoms with Crippen LogP contribution in [0.5, 0.6) is 0 Å². The number of Topliss-reactive ketones (excluding diaryl/α,β-unsaturated/α-hetero) is 1. The largest absolute Gasteiger partial charge is 0.384 e. The van der Waals surface area contributed by atoms with Gasteiger partial charge in [-0.3, -0.25) is 9.69 Å². The molecule has 6 nitrogen and oxygen atoms in total. The summed E-state index contributed by atoms with van der Waals surface area (Å²) in [4.78, 5) is 14.9. The van der Waals surface area contributed by atoms with Crippen molar-refractivity contribution < 1.29 is 4.79 Å². The van der Waals surface area contributed by atoms with E-state index in [2.05, 4.69) is 28.4 Å². The van der Waals surface area contributed by atoms with E-state index in [1.165, 1.54) is 16.9 Å². The molecular formula is C25H20ClN5OS2. The van der Waals surface area contributed by atoms with Gasteiger partial charge in [-0.15, -0.1) is 10.2 Å². The Kier molecular flexibility index (Phi) is 6.42. The fourth-order valence-electron chi connectivity index (χ4n) is 4.39. The molecule has 0 saturated carbocycles. The van der Waals surface area contributed by atoms with Gasteiger partial charge in [0.15, 0.2) is 10.1 Å². The number of carbonyl (C=O) groups is 1. The maximum atomic E-state index is 13.2. The number of hydrogen-bond acceptors (Lipinski definition) is 8. The van der Waals surface area contributed by atoms with Crippen molar-refractivity contribution in [3.8, 4) is 6.07 Å². The van der Waals surface area contributed by atoms with Crippen molar-refractivity contribution in [2.75, 3.05) is 4.90 Å². The smallest absolute Gasteiger partial charge is 0.219 e. The monoisotopic (exact) mass is 505 g/mol. The van der Waals surface area contributed by atoms with Gasteiger partial charge >= 0.3 is 0 Å². The van der Waals surface area contributed by atoms with Crippen molar-refractivity contribution >= 4 is 45.6 Å². The highest BCUT2D eigenvalue weighted by atomic mass is 35.5. The summed E-state index contributed by atoms with van der Waals surface area (Å²) in [6.45, 7) is 0. The van der Waals surface area contributed by atoms with E-state index in [1.54, 1.807) is 28.8 Å². The molecule has 0 amide bonds. The molecule has 34 heavy (non-hydrogen) atoms. The molecule has 0 saturated heterocycles. The van der Waals surface area contributed by atoms with Crippen LogP contribution < -0.4 is 10.6 Å². The van der Waals surface area contributed by atoms with Crippen molar-refractivity contribution in [2.45, 2.75) is 35.3 Å². The normalized spacial score (nSPS) is 18.2. The molecule has 0 radical (unpaired) electrons. The van der Waals surface area contributed by atoms with E-state index in [4.69, 9.17) is 17.3 Å². The van der Waals surface area contributed by atoms with Gasteiger partial charge in [0.2, 0.25) is 5.13 Å². The van der Waals surface area contributed by atoms with Crippen LogP contribution in [0.4, 0.5) is 5.13 Å². The first-order valence-electron chi connectivity index (χ1n) is 10.8. The van der Waals surface area contributed by atoms with Gasteiger partial charge in [0.25, 0.3) is 0 Å². The van der Waals surface area contributed by atoms with Crippen LogP contribution in [0.25, 0.3) is 0 Å². The summed E-state index contributed by atoms with van der Waals surface area (Å²) in [6.07, 6.45) is 1.83. The topological polar surface area (TPSA) is 95.9 Å². The Morgan fingerprint density at radius 3 is 2.76 bits per heavy atom. The van der Waals surface area contributed by atoms with E-state index in [0.29, 0.717) is 34.1 Å². The van der Waals surface area contributed by atoms with E-state index in [9.17, 15) is 10.1 Å². The lowest BCUT2D eigenvalue weighted by atomic mass is 9.76. The van der Waals surface area contributed by atoms with E-state index in [0.717, 1.165) is 27.8 Å². The van der Waals surface area contributed by atoms with E-state index in [-0.39, 0.29) is 11.6 Å². The third-order valence-electron chi connectivity index (χ3n) is 5.89. The third kappa shape index (κ3) is 4.23. The Labute approximate surface area is 210 Å². The van der Waals surface area contributed by atoms with Gasteiger partial charge in [0.05, 0.1) is 17.6 Å². The van der Waals surface area contributed by atoms with Gasteiger partial charge < -0.3 is 5.73 Å². The first-order valence-corrected chi connectivity index (χ1v) is 13.0. The fourth-order valence-corrected chi connectivity index (χ4v) is 6.43. The van der Waals surface area contributed by atoms with Crippen LogP contribution in [0.3, 0.4) is 0 Å². The number of benzene rings is 2. The summed E-state index contributed by atoms with van der Waals surface area (Å²) >= 11 is 9.25. The Balaban J connectivity index is 1.54. The predicted molar refractivity (Wildman–Crippen MR) is 135 cm³/mol. The highest BCUT2D eigenvalue weighted by molar-refractivity contribution is 8.00. The molecule has 0 fully saturated rings. The van der Waals surface area contributed by atoms with E-state index >= 15 is 0 Å². The molecule has 170 valence electrons. The number of nitrogens with two attached hydrogens (primary N) is 1. The summed E-state index contributed by atoms with van der Waals surface area (Å²) in [6, 6.07) is 19.7. The Bertz CT molecular complexity index is 1360. The lowest BCUT2D eigenvalue weighted by Gasteiger charge is -2.38. The first kappa shape index (κ1) is 22.7. The number of allylic oxidation sites excluding steroid dienone is 3. The molecule has 1 atom stereocenters. The van der Waals surface area contributed by atoms with Crippen LogP contribution >= 0.6 is 34.7 Å². The molecule has 2 aromatic carbocycles. The molecule has 1 aliphatic carbocycles. The van der Waals surface area contributed by atoms with Crippen molar-refractivity contribution in [3.05, 3.63) is 93.4 Å². The second kappa shape index (κ2) is 9.63. The second-order valence-corrected chi connectivity index (χ2v) is 10.6. The minimum atomic E-state index is -0.539. The van der Waals surface area contributed by atoms with Crippen LogP contribution in [0.2, 0.25) is 5.02 Å². The zero-order valence-corrected chi connectivity index (χ0v) is 20.5. The number of anilines is 1. The molecule has 1 aliphatic heterocycles. The van der Waals surface area contributed by atoms with Crippen LogP contribution in [-0.2, 0) is 10.5 Å². The number of thioether (sulfide) groups is 1. The summed E-state index contributed by atoms with van der Waals surface area (Å²) in [5.41, 5.74) is 10.3. The molecule has 9 heteroatoms. The van der Waals surface area contributed by atoms with Gasteiger partial charge in [0, 0.05) is 28.5 Å². The molecule has 1 unspecified atom stereocenters. The second-order valence-electron chi connectivity index (χ2n) is 8.00. The number of hydrogen-bond donors (Lipinski definition) is 1. The van der Waals surface area contributed by atoms with Crippen molar-refractivity contribution in [3.63, 3.8) is 0 Å². The Morgan fingerprint density at radius 1 is 1.18 bits per heavy atom. The maximum absolute atomic E-state index is 13.2. The van der Waals surface area contributed by atoms with E-state index in [1.807, 2.05) is 30.3 Å². The molecule has 2 aliphatic rings. The van der Waals surface area contributed by atoms with Crippen molar-refractivity contribution in [1.29, 1.82) is 5.26 Å². The highest BCUT2D eigenvalue weighted by Crippen LogP contribution is 2.47. The highest BCUT2D eigenvalue weighted by Gasteiger charge is 2.41. The number of carbonyl (C=O) groups excluding carboxylic acids is 1. The molecule has 0 bridgehead atoms. The fraction of sp³-hybridized carbons (Fsp3) is 0.200. The molecule has 1 aromatic heterocycles. The Hall–Kier alpha value is -3.12. The number of rotatable bonds is 5. The summed E-state index contributed by atoms with van der Waals surface area (Å²) in [5.74, 6) is 0.548. The molecule has 2 heterocycles. The minimum Gasteiger partial charge on any atom is -0.384 e. The van der Waals surface area contributed by atoms with Crippen molar-refractivity contribution in [2.24, 2.45) is 5.73 Å². The van der Waals surface area contributed by atoms with Gasteiger partial charge in [-0.25, -0.2) is 0 Å². The number of nitrogens with zero attached hydrogens (tertiary/aromatic N) is 4. The molecule has 5 rings (SSSR count). The lowest BCUT2D eigenvalue weighted by Crippen LogP contribution is -2.38. The number of aromatic nitrogens is 2. The van der Waals surface area contributed by atoms with Gasteiger partial charge in [-0.2, -0.15) is 5.26 Å². The first-order chi connectivity index (χ1) is 16.6. The van der Waals surface area contributed by atoms with Crippen LogP contribution in [0, 0.1) is 11.3 Å². The zero-order valence-electron chi connectivity index (χ0n) is 18.1. The quantitative estimate of drug-likeness (QED) is 0.438. The molecule has 3 aromatic rings. The summed E-state index contributed by atoms with van der Waals surface area (Å²) in [7, 11) is 0. The third-order valence-corrected chi connectivity index (χ3v) is 8.24. The number of halogens is 1. The van der Waals surface area contributed by atoms with Crippen LogP contribution in [0.1, 0.15) is 36.3 Å². The molecule has 0 spiro atoms. The maximum Gasteiger partial charge on any atom is 0.219 e. The van der Waals surface area contributed by atoms with Crippen molar-refractivity contribution in [1.82, 2.24) is 10.2 Å². The molecular weight excluding hydrogens is 486 g/mol. The van der Waals surface area contributed by atoms with Gasteiger partial charge in [0.1, 0.15) is 5.82 Å². The standard InChI is InChI=1S/C25H20ClN5OS2/c26-17-9-4-8-16(12-17)21-18(13-27)23(28)31(19-10-5-11-20(32)22(19)21)24-29-30-25(34-24)33-14-15-6-2-1-3-7-15/h1-4,6-9,12,21H,5,10-11,14,28H2. The minimum absolute atomic E-state index is 0.0275. The van der Waals surface area contributed by atoms with Crippen LogP contribution in [-0.4, -0.2) is 16.0 Å². The molecule has 2 N–H and O–H groups in total. The van der Waals surface area contributed by atoms with Crippen LogP contribution in [0.15, 0.2) is 81.6 Å². The van der Waals surface area contributed by atoms with Gasteiger partial charge in [-0.05, 0) is 36.1 Å². The number of ketones is 1. The lowest BCUT2D eigenvalue weighted by molar-refractivity contribution is -0.116. The number of nitriles is 1. The van der Waals surface area contributed by atoms with Gasteiger partial charge in [-0.1, -0.05) is 77.2 Å². The predicted octanol–water partition coefficient (Wildman–Crippen LogP) is 5.79. The van der Waals surface area contributed by atoms with E-state index < -0.39 is 5.92 Å².